The van der Waals surface area contributed by atoms with Crippen LogP contribution in [0.15, 0.2) is 24.3 Å². The Labute approximate surface area is 126 Å². The molecule has 0 bridgehead atoms. The molecule has 0 amide bonds. The number of nitrogens with zero attached hydrogens (tertiary/aromatic N) is 1. The lowest BCUT2D eigenvalue weighted by Crippen LogP contribution is -2.45. The monoisotopic (exact) mass is 288 g/mol. The van der Waals surface area contributed by atoms with Gasteiger partial charge < -0.3 is 5.32 Å². The fourth-order valence-corrected chi connectivity index (χ4v) is 4.79. The molecular weight excluding hydrogens is 263 g/mol. The van der Waals surface area contributed by atoms with Gasteiger partial charge in [0.25, 0.3) is 0 Å². The van der Waals surface area contributed by atoms with Crippen LogP contribution in [0.3, 0.4) is 0 Å². The van der Waals surface area contributed by atoms with E-state index in [4.69, 9.17) is 0 Å². The van der Waals surface area contributed by atoms with Gasteiger partial charge in [-0.1, -0.05) is 18.2 Å². The van der Waals surface area contributed by atoms with Gasteiger partial charge in [0.05, 0.1) is 0 Å². The lowest BCUT2D eigenvalue weighted by Gasteiger charge is -2.42. The quantitative estimate of drug-likeness (QED) is 0.899. The number of likely N-dealkylation sites (tertiary alicyclic amines) is 1. The summed E-state index contributed by atoms with van der Waals surface area (Å²) in [4.78, 5) is 2.71. The molecule has 2 saturated heterocycles. The normalized spacial score (nSPS) is 37.2. The third-order valence-electron chi connectivity index (χ3n) is 5.95. The average molecular weight is 288 g/mol. The number of benzene rings is 1. The second-order valence-corrected chi connectivity index (χ2v) is 7.35. The summed E-state index contributed by atoms with van der Waals surface area (Å²) in [6, 6.07) is 8.88. The topological polar surface area (TPSA) is 15.3 Å². The molecule has 1 aromatic carbocycles. The van der Waals surface area contributed by atoms with Crippen molar-refractivity contribution in [3.8, 4) is 0 Å². The van der Waals surface area contributed by atoms with Crippen LogP contribution in [0.25, 0.3) is 0 Å². The molecule has 114 valence electrons. The van der Waals surface area contributed by atoms with Gasteiger partial charge in [-0.05, 0) is 56.2 Å². The van der Waals surface area contributed by atoms with E-state index in [9.17, 15) is 4.39 Å². The van der Waals surface area contributed by atoms with Crippen LogP contribution < -0.4 is 5.32 Å². The van der Waals surface area contributed by atoms with Crippen LogP contribution in [0.5, 0.6) is 0 Å². The molecule has 4 rings (SSSR count). The van der Waals surface area contributed by atoms with Crippen LogP contribution >= 0.6 is 0 Å². The summed E-state index contributed by atoms with van der Waals surface area (Å²) in [6.07, 6.45) is 5.13. The molecule has 1 aromatic rings. The molecule has 1 aliphatic carbocycles. The van der Waals surface area contributed by atoms with Crippen molar-refractivity contribution in [1.82, 2.24) is 10.2 Å². The van der Waals surface area contributed by atoms with E-state index in [1.54, 1.807) is 12.1 Å². The molecule has 3 heteroatoms. The second kappa shape index (κ2) is 5.06. The van der Waals surface area contributed by atoms with Gasteiger partial charge in [-0.3, -0.25) is 4.90 Å². The van der Waals surface area contributed by atoms with Gasteiger partial charge in [-0.2, -0.15) is 0 Å². The summed E-state index contributed by atoms with van der Waals surface area (Å²) in [5.41, 5.74) is 1.20. The van der Waals surface area contributed by atoms with Crippen LogP contribution in [0, 0.1) is 11.2 Å². The molecule has 3 fully saturated rings. The van der Waals surface area contributed by atoms with Crippen molar-refractivity contribution in [2.45, 2.75) is 50.6 Å². The number of nitrogens with one attached hydrogen (secondary N) is 1. The van der Waals surface area contributed by atoms with Crippen molar-refractivity contribution in [2.24, 2.45) is 5.41 Å². The molecular formula is C18H25FN2. The average Bonchev–Trinajstić information content (AvgIpc) is 3.26. The highest BCUT2D eigenvalue weighted by atomic mass is 19.1. The van der Waals surface area contributed by atoms with Gasteiger partial charge in [-0.25, -0.2) is 4.39 Å². The second-order valence-electron chi connectivity index (χ2n) is 7.35. The molecule has 21 heavy (non-hydrogen) atoms. The first-order valence-corrected chi connectivity index (χ1v) is 8.40. The van der Waals surface area contributed by atoms with Gasteiger partial charge in [0, 0.05) is 31.1 Å². The lowest BCUT2D eigenvalue weighted by atomic mass is 9.66. The van der Waals surface area contributed by atoms with Crippen molar-refractivity contribution in [3.05, 3.63) is 35.6 Å². The Morgan fingerprint density at radius 1 is 1.29 bits per heavy atom. The van der Waals surface area contributed by atoms with E-state index in [1.165, 1.54) is 32.2 Å². The Kier molecular flexibility index (Phi) is 3.31. The molecule has 3 unspecified atom stereocenters. The first kappa shape index (κ1) is 13.7. The minimum atomic E-state index is -0.0249. The van der Waals surface area contributed by atoms with Crippen LogP contribution in [0.4, 0.5) is 4.39 Å². The summed E-state index contributed by atoms with van der Waals surface area (Å²) in [5, 5.41) is 3.50. The van der Waals surface area contributed by atoms with Crippen molar-refractivity contribution in [2.75, 3.05) is 19.6 Å². The molecule has 1 N–H and O–H groups in total. The smallest absolute Gasteiger partial charge is 0.126 e. The van der Waals surface area contributed by atoms with E-state index in [0.29, 0.717) is 12.0 Å². The van der Waals surface area contributed by atoms with E-state index >= 15 is 0 Å². The van der Waals surface area contributed by atoms with E-state index in [0.717, 1.165) is 24.7 Å². The zero-order chi connectivity index (χ0) is 14.4. The van der Waals surface area contributed by atoms with Gasteiger partial charge in [0.1, 0.15) is 5.82 Å². The van der Waals surface area contributed by atoms with Crippen LogP contribution in [-0.2, 0) is 0 Å². The molecule has 3 atom stereocenters. The predicted molar refractivity (Wildman–Crippen MR) is 82.9 cm³/mol. The SMILES string of the molecule is CC1CC2(CCNCC2c2ccccc2F)CN1C1CC1. The van der Waals surface area contributed by atoms with Crippen molar-refractivity contribution >= 4 is 0 Å². The summed E-state index contributed by atoms with van der Waals surface area (Å²) in [7, 11) is 0. The molecule has 3 aliphatic rings. The largest absolute Gasteiger partial charge is 0.316 e. The third kappa shape index (κ3) is 2.31. The van der Waals surface area contributed by atoms with Gasteiger partial charge >= 0.3 is 0 Å². The van der Waals surface area contributed by atoms with Gasteiger partial charge in [0.2, 0.25) is 0 Å². The van der Waals surface area contributed by atoms with Crippen molar-refractivity contribution < 1.29 is 4.39 Å². The highest BCUT2D eigenvalue weighted by molar-refractivity contribution is 5.27. The van der Waals surface area contributed by atoms with Crippen LogP contribution in [0.1, 0.15) is 44.1 Å². The molecule has 2 heterocycles. The zero-order valence-corrected chi connectivity index (χ0v) is 12.8. The number of hydrogen-bond acceptors (Lipinski definition) is 2. The van der Waals surface area contributed by atoms with E-state index < -0.39 is 0 Å². The molecule has 1 spiro atoms. The van der Waals surface area contributed by atoms with Gasteiger partial charge in [0.15, 0.2) is 0 Å². The fourth-order valence-electron chi connectivity index (χ4n) is 4.79. The molecule has 2 nitrogen and oxygen atoms in total. The first-order valence-electron chi connectivity index (χ1n) is 8.40. The Bertz CT molecular complexity index is 528. The molecule has 2 aliphatic heterocycles. The Morgan fingerprint density at radius 2 is 2.10 bits per heavy atom. The Hall–Kier alpha value is -0.930. The summed E-state index contributed by atoms with van der Waals surface area (Å²) in [5.74, 6) is 0.293. The number of piperidine rings is 1. The number of halogens is 1. The Morgan fingerprint density at radius 3 is 2.86 bits per heavy atom. The number of rotatable bonds is 2. The summed E-state index contributed by atoms with van der Waals surface area (Å²) < 4.78 is 14.3. The molecule has 0 radical (unpaired) electrons. The minimum absolute atomic E-state index is 0.0249. The van der Waals surface area contributed by atoms with Crippen LogP contribution in [0.2, 0.25) is 0 Å². The maximum Gasteiger partial charge on any atom is 0.126 e. The fraction of sp³-hybridized carbons (Fsp3) is 0.667. The standard InChI is InChI=1S/C18H25FN2/c1-13-10-18(12-21(13)14-6-7-14)8-9-20-11-16(18)15-4-2-3-5-17(15)19/h2-5,13-14,16,20H,6-12H2,1H3. The molecule has 0 aromatic heterocycles. The van der Waals surface area contributed by atoms with E-state index in [-0.39, 0.29) is 11.2 Å². The maximum absolute atomic E-state index is 14.3. The van der Waals surface area contributed by atoms with Crippen molar-refractivity contribution in [1.29, 1.82) is 0 Å². The zero-order valence-electron chi connectivity index (χ0n) is 12.8. The third-order valence-corrected chi connectivity index (χ3v) is 5.95. The van der Waals surface area contributed by atoms with E-state index in [1.807, 2.05) is 12.1 Å². The summed E-state index contributed by atoms with van der Waals surface area (Å²) >= 11 is 0. The first-order chi connectivity index (χ1) is 10.2. The van der Waals surface area contributed by atoms with Gasteiger partial charge in [-0.15, -0.1) is 0 Å². The number of hydrogen-bond donors (Lipinski definition) is 1. The maximum atomic E-state index is 14.3. The predicted octanol–water partition coefficient (Wildman–Crippen LogP) is 3.15. The summed E-state index contributed by atoms with van der Waals surface area (Å²) in [6.45, 7) is 5.54. The van der Waals surface area contributed by atoms with E-state index in [2.05, 4.69) is 17.1 Å². The molecule has 1 saturated carbocycles. The highest BCUT2D eigenvalue weighted by Crippen LogP contribution is 2.52. The lowest BCUT2D eigenvalue weighted by molar-refractivity contribution is 0.157. The highest BCUT2D eigenvalue weighted by Gasteiger charge is 2.52. The van der Waals surface area contributed by atoms with Crippen molar-refractivity contribution in [3.63, 3.8) is 0 Å². The van der Waals surface area contributed by atoms with Crippen LogP contribution in [-0.4, -0.2) is 36.6 Å². The minimum Gasteiger partial charge on any atom is -0.316 e. The Balaban J connectivity index is 1.67.